The lowest BCUT2D eigenvalue weighted by Gasteiger charge is -2.28. The summed E-state index contributed by atoms with van der Waals surface area (Å²) in [4.78, 5) is 0. The summed E-state index contributed by atoms with van der Waals surface area (Å²) >= 11 is 0. The Bertz CT molecular complexity index is 403. The molecule has 1 heterocycles. The third-order valence-corrected chi connectivity index (χ3v) is 3.09. The van der Waals surface area contributed by atoms with Crippen molar-refractivity contribution in [2.75, 3.05) is 6.61 Å². The van der Waals surface area contributed by atoms with Gasteiger partial charge < -0.3 is 10.4 Å². The first kappa shape index (κ1) is 12.4. The number of hydrogen-bond donors (Lipinski definition) is 2. The average molecular weight is 245 g/mol. The number of nitrogens with one attached hydrogen (secondary N) is 1. The van der Waals surface area contributed by atoms with Crippen molar-refractivity contribution in [1.82, 2.24) is 5.32 Å². The molecule has 0 bridgehead atoms. The van der Waals surface area contributed by atoms with Crippen LogP contribution in [0, 0.1) is 0 Å². The van der Waals surface area contributed by atoms with Crippen LogP contribution in [-0.4, -0.2) is 17.8 Å². The fourth-order valence-corrected chi connectivity index (χ4v) is 2.24. The van der Waals surface area contributed by atoms with Gasteiger partial charge in [-0.3, -0.25) is 0 Å². The van der Waals surface area contributed by atoms with E-state index in [0.29, 0.717) is 18.4 Å². The van der Waals surface area contributed by atoms with Crippen molar-refractivity contribution in [3.05, 3.63) is 34.9 Å². The zero-order chi connectivity index (χ0) is 12.5. The van der Waals surface area contributed by atoms with Gasteiger partial charge in [0.2, 0.25) is 0 Å². The summed E-state index contributed by atoms with van der Waals surface area (Å²) in [6, 6.07) is 4.36. The summed E-state index contributed by atoms with van der Waals surface area (Å²) in [5, 5.41) is 11.9. The highest BCUT2D eigenvalue weighted by molar-refractivity contribution is 5.39. The predicted molar refractivity (Wildman–Crippen MR) is 57.5 cm³/mol. The molecule has 0 saturated heterocycles. The lowest BCUT2D eigenvalue weighted by Crippen LogP contribution is -2.37. The van der Waals surface area contributed by atoms with Crippen molar-refractivity contribution in [2.45, 2.75) is 31.6 Å². The normalized spacial score (nSPS) is 20.1. The van der Waals surface area contributed by atoms with Gasteiger partial charge in [0.15, 0.2) is 0 Å². The molecule has 0 saturated carbocycles. The van der Waals surface area contributed by atoms with Crippen molar-refractivity contribution in [1.29, 1.82) is 0 Å². The van der Waals surface area contributed by atoms with Crippen LogP contribution in [0.3, 0.4) is 0 Å². The molecule has 5 heteroatoms. The summed E-state index contributed by atoms with van der Waals surface area (Å²) < 4.78 is 38.3. The molecule has 2 rings (SSSR count). The summed E-state index contributed by atoms with van der Waals surface area (Å²) in [7, 11) is 0. The minimum Gasteiger partial charge on any atom is -0.396 e. The van der Waals surface area contributed by atoms with Crippen molar-refractivity contribution < 1.29 is 18.3 Å². The third-order valence-electron chi connectivity index (χ3n) is 3.09. The van der Waals surface area contributed by atoms with E-state index in [1.54, 1.807) is 6.07 Å². The van der Waals surface area contributed by atoms with Gasteiger partial charge in [0, 0.05) is 19.2 Å². The van der Waals surface area contributed by atoms with Crippen LogP contribution in [0.1, 0.15) is 23.1 Å². The molecule has 1 aromatic carbocycles. The Balaban J connectivity index is 2.29. The Morgan fingerprint density at radius 3 is 2.76 bits per heavy atom. The number of halogens is 3. The van der Waals surface area contributed by atoms with Crippen LogP contribution in [0.5, 0.6) is 0 Å². The van der Waals surface area contributed by atoms with Crippen molar-refractivity contribution in [3.8, 4) is 0 Å². The molecule has 0 spiro atoms. The molecular weight excluding hydrogens is 231 g/mol. The Kier molecular flexibility index (Phi) is 3.40. The minimum atomic E-state index is -4.29. The molecular formula is C12H14F3NO. The van der Waals surface area contributed by atoms with E-state index < -0.39 is 11.7 Å². The molecule has 94 valence electrons. The highest BCUT2D eigenvalue weighted by Gasteiger charge is 2.35. The minimum absolute atomic E-state index is 0.0476. The molecule has 1 aliphatic heterocycles. The van der Waals surface area contributed by atoms with Crippen LogP contribution in [-0.2, 0) is 19.1 Å². The predicted octanol–water partition coefficient (Wildman–Crippen LogP) is 2.10. The molecule has 0 aromatic heterocycles. The van der Waals surface area contributed by atoms with Gasteiger partial charge in [0.25, 0.3) is 0 Å². The first-order valence-electron chi connectivity index (χ1n) is 5.54. The Morgan fingerprint density at radius 2 is 2.12 bits per heavy atom. The van der Waals surface area contributed by atoms with E-state index in [0.717, 1.165) is 11.6 Å². The molecule has 2 N–H and O–H groups in total. The number of aliphatic hydroxyl groups excluding tert-OH is 1. The molecule has 0 aliphatic carbocycles. The Hall–Kier alpha value is -1.07. The van der Waals surface area contributed by atoms with E-state index in [-0.39, 0.29) is 19.2 Å². The Morgan fingerprint density at radius 1 is 1.35 bits per heavy atom. The van der Waals surface area contributed by atoms with Gasteiger partial charge in [0.1, 0.15) is 0 Å². The average Bonchev–Trinajstić information content (AvgIpc) is 2.27. The number of fused-ring (bicyclic) bond motifs is 1. The van der Waals surface area contributed by atoms with E-state index in [1.807, 2.05) is 0 Å². The summed E-state index contributed by atoms with van der Waals surface area (Å²) in [6.07, 6.45) is -3.19. The van der Waals surface area contributed by atoms with Crippen LogP contribution < -0.4 is 5.32 Å². The van der Waals surface area contributed by atoms with Gasteiger partial charge in [0.05, 0.1) is 5.56 Å². The fraction of sp³-hybridized carbons (Fsp3) is 0.500. The van der Waals surface area contributed by atoms with Crippen LogP contribution in [0.25, 0.3) is 0 Å². The molecule has 2 nitrogen and oxygen atoms in total. The molecule has 17 heavy (non-hydrogen) atoms. The van der Waals surface area contributed by atoms with Gasteiger partial charge >= 0.3 is 6.18 Å². The number of alkyl halides is 3. The largest absolute Gasteiger partial charge is 0.416 e. The smallest absolute Gasteiger partial charge is 0.396 e. The highest BCUT2D eigenvalue weighted by atomic mass is 19.4. The molecule has 0 radical (unpaired) electrons. The highest BCUT2D eigenvalue weighted by Crippen LogP contribution is 2.34. The first-order valence-corrected chi connectivity index (χ1v) is 5.54. The summed E-state index contributed by atoms with van der Waals surface area (Å²) in [6.45, 7) is 0.266. The standard InChI is InChI=1S/C12H14F3NO/c13-12(14,15)11-3-1-2-8-6-9(4-5-17)16-7-10(8)11/h1-3,9,16-17H,4-7H2. The van der Waals surface area contributed by atoms with E-state index in [1.165, 1.54) is 6.07 Å². The lowest BCUT2D eigenvalue weighted by atomic mass is 9.91. The molecule has 0 amide bonds. The number of hydrogen-bond acceptors (Lipinski definition) is 2. The maximum absolute atomic E-state index is 12.8. The van der Waals surface area contributed by atoms with Crippen LogP contribution >= 0.6 is 0 Å². The molecule has 1 unspecified atom stereocenters. The van der Waals surface area contributed by atoms with Crippen molar-refractivity contribution in [3.63, 3.8) is 0 Å². The maximum atomic E-state index is 12.8. The van der Waals surface area contributed by atoms with Crippen LogP contribution in [0.2, 0.25) is 0 Å². The van der Waals surface area contributed by atoms with Crippen LogP contribution in [0.15, 0.2) is 18.2 Å². The van der Waals surface area contributed by atoms with Crippen molar-refractivity contribution in [2.24, 2.45) is 0 Å². The number of aliphatic hydroxyl groups is 1. The van der Waals surface area contributed by atoms with Gasteiger partial charge in [-0.2, -0.15) is 13.2 Å². The second kappa shape index (κ2) is 4.66. The van der Waals surface area contributed by atoms with Gasteiger partial charge in [-0.25, -0.2) is 0 Å². The zero-order valence-corrected chi connectivity index (χ0v) is 9.22. The fourth-order valence-electron chi connectivity index (χ4n) is 2.24. The van der Waals surface area contributed by atoms with Gasteiger partial charge in [-0.05, 0) is 30.0 Å². The number of benzene rings is 1. The SMILES string of the molecule is OCCC1Cc2cccc(C(F)(F)F)c2CN1. The lowest BCUT2D eigenvalue weighted by molar-refractivity contribution is -0.138. The van der Waals surface area contributed by atoms with Gasteiger partial charge in [-0.1, -0.05) is 12.1 Å². The second-order valence-corrected chi connectivity index (χ2v) is 4.24. The Labute approximate surface area is 97.5 Å². The van der Waals surface area contributed by atoms with Gasteiger partial charge in [-0.15, -0.1) is 0 Å². The molecule has 0 fully saturated rings. The third kappa shape index (κ3) is 2.61. The van der Waals surface area contributed by atoms with E-state index in [4.69, 9.17) is 5.11 Å². The number of rotatable bonds is 2. The summed E-state index contributed by atoms with van der Waals surface area (Å²) in [5.41, 5.74) is 0.524. The van der Waals surface area contributed by atoms with E-state index >= 15 is 0 Å². The molecule has 1 atom stereocenters. The molecule has 1 aliphatic rings. The van der Waals surface area contributed by atoms with E-state index in [2.05, 4.69) is 5.32 Å². The summed E-state index contributed by atoms with van der Waals surface area (Å²) in [5.74, 6) is 0. The van der Waals surface area contributed by atoms with Crippen molar-refractivity contribution >= 4 is 0 Å². The zero-order valence-electron chi connectivity index (χ0n) is 9.22. The first-order chi connectivity index (χ1) is 8.02. The monoisotopic (exact) mass is 245 g/mol. The van der Waals surface area contributed by atoms with E-state index in [9.17, 15) is 13.2 Å². The maximum Gasteiger partial charge on any atom is 0.416 e. The quantitative estimate of drug-likeness (QED) is 0.836. The topological polar surface area (TPSA) is 32.3 Å². The molecule has 1 aromatic rings. The second-order valence-electron chi connectivity index (χ2n) is 4.24. The van der Waals surface area contributed by atoms with Crippen LogP contribution in [0.4, 0.5) is 13.2 Å².